The fourth-order valence-corrected chi connectivity index (χ4v) is 2.01. The second-order valence-electron chi connectivity index (χ2n) is 4.82. The van der Waals surface area contributed by atoms with Crippen molar-refractivity contribution in [1.29, 1.82) is 0 Å². The number of phenolic OH excluding ortho intramolecular Hbond substituents is 1. The first-order valence-electron chi connectivity index (χ1n) is 7.09. The van der Waals surface area contributed by atoms with Gasteiger partial charge in [0.25, 0.3) is 5.89 Å². The lowest BCUT2D eigenvalue weighted by atomic mass is 10.2. The van der Waals surface area contributed by atoms with Crippen LogP contribution in [0.2, 0.25) is 0 Å². The third-order valence-corrected chi connectivity index (χ3v) is 3.25. The minimum absolute atomic E-state index is 0.0763. The summed E-state index contributed by atoms with van der Waals surface area (Å²) in [5.74, 6) is 0.371. The molecule has 3 aromatic rings. The number of hydrogen-bond donors (Lipinski definition) is 1. The highest BCUT2D eigenvalue weighted by Crippen LogP contribution is 2.22. The third-order valence-electron chi connectivity index (χ3n) is 3.25. The van der Waals surface area contributed by atoms with Gasteiger partial charge in [-0.25, -0.2) is 4.79 Å². The zero-order valence-electron chi connectivity index (χ0n) is 12.8. The van der Waals surface area contributed by atoms with Crippen molar-refractivity contribution in [2.24, 2.45) is 0 Å². The summed E-state index contributed by atoms with van der Waals surface area (Å²) in [7, 11) is 1.58. The van der Waals surface area contributed by atoms with Gasteiger partial charge in [0.15, 0.2) is 6.61 Å². The number of nitrogens with zero attached hydrogens (tertiary/aromatic N) is 2. The van der Waals surface area contributed by atoms with Crippen molar-refractivity contribution in [3.8, 4) is 23.0 Å². The number of ether oxygens (including phenoxy) is 2. The minimum atomic E-state index is -0.669. The standard InChI is InChI=1S/C17H14N2O5/c1-22-12-8-6-11(7-9-12)16-19-18-15(24-16)10-23-17(21)13-4-2-3-5-14(13)20/h2-9,20H,10H2,1H3. The summed E-state index contributed by atoms with van der Waals surface area (Å²) >= 11 is 0. The maximum atomic E-state index is 11.9. The number of esters is 1. The van der Waals surface area contributed by atoms with E-state index in [1.807, 2.05) is 0 Å². The van der Waals surface area contributed by atoms with Crippen LogP contribution in [-0.2, 0) is 11.3 Å². The summed E-state index contributed by atoms with van der Waals surface area (Å²) in [6.45, 7) is -0.184. The maximum Gasteiger partial charge on any atom is 0.342 e. The molecular formula is C17H14N2O5. The number of methoxy groups -OCH3 is 1. The van der Waals surface area contributed by atoms with E-state index in [-0.39, 0.29) is 23.8 Å². The summed E-state index contributed by atoms with van der Waals surface area (Å²) in [4.78, 5) is 11.9. The molecule has 2 aromatic carbocycles. The number of aromatic nitrogens is 2. The fourth-order valence-electron chi connectivity index (χ4n) is 2.01. The molecule has 0 radical (unpaired) electrons. The van der Waals surface area contributed by atoms with E-state index in [1.165, 1.54) is 12.1 Å². The predicted octanol–water partition coefficient (Wildman–Crippen LogP) is 2.81. The van der Waals surface area contributed by atoms with Crippen molar-refractivity contribution in [1.82, 2.24) is 10.2 Å². The molecule has 0 saturated carbocycles. The maximum absolute atomic E-state index is 11.9. The molecule has 0 unspecified atom stereocenters. The second kappa shape index (κ2) is 6.82. The Morgan fingerprint density at radius 1 is 1.12 bits per heavy atom. The van der Waals surface area contributed by atoms with Crippen LogP contribution in [0.15, 0.2) is 52.9 Å². The van der Waals surface area contributed by atoms with E-state index in [1.54, 1.807) is 43.5 Å². The van der Waals surface area contributed by atoms with Crippen molar-refractivity contribution in [3.05, 3.63) is 60.0 Å². The van der Waals surface area contributed by atoms with Crippen LogP contribution in [0, 0.1) is 0 Å². The van der Waals surface area contributed by atoms with Crippen LogP contribution in [0.3, 0.4) is 0 Å². The number of hydrogen-bond acceptors (Lipinski definition) is 7. The summed E-state index contributed by atoms with van der Waals surface area (Å²) in [5, 5.41) is 17.4. The monoisotopic (exact) mass is 326 g/mol. The van der Waals surface area contributed by atoms with Crippen molar-refractivity contribution in [3.63, 3.8) is 0 Å². The molecule has 1 heterocycles. The number of carbonyl (C=O) groups excluding carboxylic acids is 1. The van der Waals surface area contributed by atoms with Crippen LogP contribution >= 0.6 is 0 Å². The predicted molar refractivity (Wildman–Crippen MR) is 83.5 cm³/mol. The van der Waals surface area contributed by atoms with Crippen molar-refractivity contribution in [2.75, 3.05) is 7.11 Å². The number of benzene rings is 2. The van der Waals surface area contributed by atoms with E-state index in [0.29, 0.717) is 5.89 Å². The molecule has 0 spiro atoms. The van der Waals surface area contributed by atoms with Crippen LogP contribution in [0.1, 0.15) is 16.2 Å². The van der Waals surface area contributed by atoms with E-state index in [0.717, 1.165) is 11.3 Å². The lowest BCUT2D eigenvalue weighted by molar-refractivity contribution is 0.0435. The van der Waals surface area contributed by atoms with E-state index in [4.69, 9.17) is 13.9 Å². The highest BCUT2D eigenvalue weighted by Gasteiger charge is 2.14. The zero-order chi connectivity index (χ0) is 16.9. The van der Waals surface area contributed by atoms with Gasteiger partial charge in [-0.15, -0.1) is 10.2 Å². The Kier molecular flexibility index (Phi) is 4.42. The minimum Gasteiger partial charge on any atom is -0.507 e. The van der Waals surface area contributed by atoms with E-state index < -0.39 is 5.97 Å². The lowest BCUT2D eigenvalue weighted by Crippen LogP contribution is -2.05. The molecule has 0 fully saturated rings. The van der Waals surface area contributed by atoms with E-state index in [9.17, 15) is 9.90 Å². The first kappa shape index (κ1) is 15.5. The van der Waals surface area contributed by atoms with Gasteiger partial charge in [-0.05, 0) is 36.4 Å². The zero-order valence-corrected chi connectivity index (χ0v) is 12.8. The molecule has 3 rings (SSSR count). The van der Waals surface area contributed by atoms with Gasteiger partial charge in [0, 0.05) is 5.56 Å². The Morgan fingerprint density at radius 2 is 1.88 bits per heavy atom. The van der Waals surface area contributed by atoms with Gasteiger partial charge < -0.3 is 19.0 Å². The van der Waals surface area contributed by atoms with E-state index >= 15 is 0 Å². The Hall–Kier alpha value is -3.35. The topological polar surface area (TPSA) is 94.7 Å². The van der Waals surface area contributed by atoms with Gasteiger partial charge in [-0.2, -0.15) is 0 Å². The highest BCUT2D eigenvalue weighted by atomic mass is 16.5. The van der Waals surface area contributed by atoms with Crippen LogP contribution in [0.25, 0.3) is 11.5 Å². The number of para-hydroxylation sites is 1. The molecule has 0 aliphatic carbocycles. The van der Waals surface area contributed by atoms with Gasteiger partial charge in [0.2, 0.25) is 5.89 Å². The fraction of sp³-hybridized carbons (Fsp3) is 0.118. The summed E-state index contributed by atoms with van der Waals surface area (Å²) in [6, 6.07) is 13.2. The first-order chi connectivity index (χ1) is 11.7. The summed E-state index contributed by atoms with van der Waals surface area (Å²) < 4.78 is 15.6. The quantitative estimate of drug-likeness (QED) is 0.720. The van der Waals surface area contributed by atoms with Crippen molar-refractivity contribution in [2.45, 2.75) is 6.61 Å². The molecule has 122 valence electrons. The van der Waals surface area contributed by atoms with Crippen LogP contribution in [0.4, 0.5) is 0 Å². The molecule has 0 atom stereocenters. The van der Waals surface area contributed by atoms with Crippen LogP contribution < -0.4 is 4.74 Å². The Morgan fingerprint density at radius 3 is 2.58 bits per heavy atom. The first-order valence-corrected chi connectivity index (χ1v) is 7.09. The van der Waals surface area contributed by atoms with Gasteiger partial charge >= 0.3 is 5.97 Å². The van der Waals surface area contributed by atoms with Crippen LogP contribution in [0.5, 0.6) is 11.5 Å². The molecule has 0 aliphatic rings. The summed E-state index contributed by atoms with van der Waals surface area (Å²) in [6.07, 6.45) is 0. The average molecular weight is 326 g/mol. The molecular weight excluding hydrogens is 312 g/mol. The number of aromatic hydroxyl groups is 1. The largest absolute Gasteiger partial charge is 0.507 e. The molecule has 0 aliphatic heterocycles. The second-order valence-corrected chi connectivity index (χ2v) is 4.82. The molecule has 7 nitrogen and oxygen atoms in total. The third kappa shape index (κ3) is 3.35. The molecule has 1 N–H and O–H groups in total. The summed E-state index contributed by atoms with van der Waals surface area (Å²) in [5.41, 5.74) is 0.800. The normalized spacial score (nSPS) is 10.4. The number of phenols is 1. The lowest BCUT2D eigenvalue weighted by Gasteiger charge is -2.03. The SMILES string of the molecule is COc1ccc(-c2nnc(COC(=O)c3ccccc3O)o2)cc1. The van der Waals surface area contributed by atoms with Gasteiger partial charge in [-0.1, -0.05) is 12.1 Å². The average Bonchev–Trinajstić information content (AvgIpc) is 3.09. The van der Waals surface area contributed by atoms with Gasteiger partial charge in [-0.3, -0.25) is 0 Å². The Balaban J connectivity index is 1.66. The molecule has 0 amide bonds. The van der Waals surface area contributed by atoms with E-state index in [2.05, 4.69) is 10.2 Å². The number of carbonyl (C=O) groups is 1. The molecule has 0 saturated heterocycles. The van der Waals surface area contributed by atoms with Gasteiger partial charge in [0.1, 0.15) is 17.1 Å². The highest BCUT2D eigenvalue weighted by molar-refractivity contribution is 5.92. The Bertz CT molecular complexity index is 842. The smallest absolute Gasteiger partial charge is 0.342 e. The molecule has 0 bridgehead atoms. The van der Waals surface area contributed by atoms with Crippen molar-refractivity contribution >= 4 is 5.97 Å². The van der Waals surface area contributed by atoms with Crippen LogP contribution in [-0.4, -0.2) is 28.4 Å². The molecule has 1 aromatic heterocycles. The molecule has 24 heavy (non-hydrogen) atoms. The van der Waals surface area contributed by atoms with Crippen molar-refractivity contribution < 1.29 is 23.8 Å². The Labute approximate surface area is 137 Å². The molecule has 7 heteroatoms. The number of rotatable bonds is 5. The van der Waals surface area contributed by atoms with Gasteiger partial charge in [0.05, 0.1) is 7.11 Å².